The molecule has 0 radical (unpaired) electrons. The minimum absolute atomic E-state index is 0.0805. The number of hydrogen-bond donors (Lipinski definition) is 1. The Morgan fingerprint density at radius 3 is 2.68 bits per heavy atom. The van der Waals surface area contributed by atoms with E-state index in [2.05, 4.69) is 10.1 Å². The second-order valence-corrected chi connectivity index (χ2v) is 5.52. The van der Waals surface area contributed by atoms with Crippen LogP contribution in [0.5, 0.6) is 5.75 Å². The molecule has 4 aromatic rings. The summed E-state index contributed by atoms with van der Waals surface area (Å²) in [6.07, 6.45) is 2.99. The van der Waals surface area contributed by atoms with Crippen LogP contribution in [0.1, 0.15) is 15.9 Å². The number of nitrogens with zero attached hydrogens (tertiary/aromatic N) is 3. The van der Waals surface area contributed by atoms with Crippen molar-refractivity contribution in [1.82, 2.24) is 14.8 Å². The first-order valence-electron chi connectivity index (χ1n) is 7.56. The van der Waals surface area contributed by atoms with E-state index in [0.29, 0.717) is 22.3 Å². The molecule has 0 aliphatic rings. The van der Waals surface area contributed by atoms with Gasteiger partial charge in [-0.25, -0.2) is 14.1 Å². The number of phenols is 1. The summed E-state index contributed by atoms with van der Waals surface area (Å²) in [5, 5.41) is 14.7. The van der Waals surface area contributed by atoms with Crippen molar-refractivity contribution in [1.29, 1.82) is 0 Å². The van der Waals surface area contributed by atoms with E-state index < -0.39 is 0 Å². The van der Waals surface area contributed by atoms with E-state index >= 15 is 0 Å². The monoisotopic (exact) mass is 333 g/mol. The van der Waals surface area contributed by atoms with Crippen LogP contribution in [0.4, 0.5) is 4.39 Å². The van der Waals surface area contributed by atoms with E-state index in [1.54, 1.807) is 42.6 Å². The largest absolute Gasteiger partial charge is 0.507 e. The number of carbonyl (C=O) groups is 1. The molecule has 5 nitrogen and oxygen atoms in total. The average Bonchev–Trinajstić information content (AvgIpc) is 3.05. The summed E-state index contributed by atoms with van der Waals surface area (Å²) in [7, 11) is 0. The standard InChI is InChI=1S/C19H12FN3O2/c20-14-4-3-5-15(9-14)23-19-13(11-22-23)8-12(10-21-19)18(25)16-6-1-2-7-17(16)24/h1-11,24H. The van der Waals surface area contributed by atoms with Gasteiger partial charge in [-0.15, -0.1) is 0 Å². The van der Waals surface area contributed by atoms with Gasteiger partial charge in [0.15, 0.2) is 11.4 Å². The van der Waals surface area contributed by atoms with Gasteiger partial charge in [0.2, 0.25) is 0 Å². The van der Waals surface area contributed by atoms with Crippen molar-refractivity contribution in [2.75, 3.05) is 0 Å². The van der Waals surface area contributed by atoms with Gasteiger partial charge in [-0.2, -0.15) is 5.10 Å². The van der Waals surface area contributed by atoms with Gasteiger partial charge in [0.05, 0.1) is 17.4 Å². The molecule has 122 valence electrons. The number of phenolic OH excluding ortho intramolecular Hbond substituents is 1. The molecular weight excluding hydrogens is 321 g/mol. The summed E-state index contributed by atoms with van der Waals surface area (Å²) in [5.74, 6) is -0.776. The van der Waals surface area contributed by atoms with E-state index in [0.717, 1.165) is 0 Å². The third-order valence-corrected chi connectivity index (χ3v) is 3.87. The molecular formula is C19H12FN3O2. The molecule has 1 N–H and O–H groups in total. The average molecular weight is 333 g/mol. The number of fused-ring (bicyclic) bond motifs is 1. The van der Waals surface area contributed by atoms with Gasteiger partial charge < -0.3 is 5.11 Å². The number of pyridine rings is 1. The molecule has 0 amide bonds. The van der Waals surface area contributed by atoms with Gasteiger partial charge >= 0.3 is 0 Å². The quantitative estimate of drug-likeness (QED) is 0.583. The van der Waals surface area contributed by atoms with Gasteiger partial charge in [0, 0.05) is 17.1 Å². The van der Waals surface area contributed by atoms with Crippen LogP contribution in [-0.4, -0.2) is 25.7 Å². The summed E-state index contributed by atoms with van der Waals surface area (Å²) >= 11 is 0. The van der Waals surface area contributed by atoms with Crippen molar-refractivity contribution in [3.05, 3.63) is 83.9 Å². The van der Waals surface area contributed by atoms with Crippen LogP contribution < -0.4 is 0 Å². The Bertz CT molecular complexity index is 1100. The van der Waals surface area contributed by atoms with E-state index in [1.807, 2.05) is 0 Å². The van der Waals surface area contributed by atoms with Crippen LogP contribution in [0.3, 0.4) is 0 Å². The first-order valence-corrected chi connectivity index (χ1v) is 7.56. The van der Waals surface area contributed by atoms with E-state index in [-0.39, 0.29) is 22.9 Å². The van der Waals surface area contributed by atoms with Crippen molar-refractivity contribution in [3.63, 3.8) is 0 Å². The molecule has 0 bridgehead atoms. The Kier molecular flexibility index (Phi) is 3.50. The van der Waals surface area contributed by atoms with E-state index in [9.17, 15) is 14.3 Å². The van der Waals surface area contributed by atoms with Gasteiger partial charge in [0.1, 0.15) is 11.6 Å². The van der Waals surface area contributed by atoms with Crippen LogP contribution >= 0.6 is 0 Å². The molecule has 6 heteroatoms. The molecule has 2 heterocycles. The highest BCUT2D eigenvalue weighted by Gasteiger charge is 2.15. The zero-order chi connectivity index (χ0) is 17.4. The van der Waals surface area contributed by atoms with Crippen LogP contribution in [0, 0.1) is 5.82 Å². The molecule has 2 aromatic carbocycles. The maximum atomic E-state index is 13.4. The minimum atomic E-state index is -0.368. The van der Waals surface area contributed by atoms with E-state index in [1.165, 1.54) is 29.1 Å². The molecule has 0 saturated heterocycles. The van der Waals surface area contributed by atoms with Crippen LogP contribution in [0.2, 0.25) is 0 Å². The molecule has 0 unspecified atom stereocenters. The summed E-state index contributed by atoms with van der Waals surface area (Å²) in [6.45, 7) is 0. The Hall–Kier alpha value is -3.54. The smallest absolute Gasteiger partial charge is 0.198 e. The Labute approximate surface area is 142 Å². The topological polar surface area (TPSA) is 68.0 Å². The lowest BCUT2D eigenvalue weighted by Gasteiger charge is -2.05. The molecule has 0 atom stereocenters. The number of carbonyl (C=O) groups excluding carboxylic acids is 1. The molecule has 25 heavy (non-hydrogen) atoms. The number of halogens is 1. The van der Waals surface area contributed by atoms with Crippen molar-refractivity contribution in [2.45, 2.75) is 0 Å². The summed E-state index contributed by atoms with van der Waals surface area (Å²) in [5.41, 5.74) is 1.61. The van der Waals surface area contributed by atoms with Gasteiger partial charge in [-0.1, -0.05) is 18.2 Å². The Morgan fingerprint density at radius 2 is 1.88 bits per heavy atom. The fraction of sp³-hybridized carbons (Fsp3) is 0. The predicted molar refractivity (Wildman–Crippen MR) is 90.4 cm³/mol. The maximum absolute atomic E-state index is 13.4. The fourth-order valence-electron chi connectivity index (χ4n) is 2.66. The lowest BCUT2D eigenvalue weighted by molar-refractivity contribution is 0.103. The number of aromatic nitrogens is 3. The predicted octanol–water partition coefficient (Wildman–Crippen LogP) is 3.50. The molecule has 4 rings (SSSR count). The summed E-state index contributed by atoms with van der Waals surface area (Å²) in [4.78, 5) is 16.9. The van der Waals surface area contributed by atoms with Gasteiger partial charge in [-0.05, 0) is 36.4 Å². The second kappa shape index (κ2) is 5.83. The van der Waals surface area contributed by atoms with Gasteiger partial charge in [-0.3, -0.25) is 4.79 Å². The lowest BCUT2D eigenvalue weighted by Crippen LogP contribution is -2.03. The highest BCUT2D eigenvalue weighted by molar-refractivity contribution is 6.11. The number of ketones is 1. The van der Waals surface area contributed by atoms with E-state index in [4.69, 9.17) is 0 Å². The Morgan fingerprint density at radius 1 is 1.04 bits per heavy atom. The maximum Gasteiger partial charge on any atom is 0.198 e. The number of para-hydroxylation sites is 1. The van der Waals surface area contributed by atoms with Crippen molar-refractivity contribution >= 4 is 16.8 Å². The molecule has 0 saturated carbocycles. The SMILES string of the molecule is O=C(c1cnc2c(cnn2-c2cccc(F)c2)c1)c1ccccc1O. The highest BCUT2D eigenvalue weighted by atomic mass is 19.1. The number of hydrogen-bond acceptors (Lipinski definition) is 4. The molecule has 0 aliphatic carbocycles. The molecule has 2 aromatic heterocycles. The first-order chi connectivity index (χ1) is 12.1. The van der Waals surface area contributed by atoms with Crippen LogP contribution in [0.25, 0.3) is 16.7 Å². The number of rotatable bonds is 3. The van der Waals surface area contributed by atoms with Crippen molar-refractivity contribution < 1.29 is 14.3 Å². The molecule has 0 spiro atoms. The molecule has 0 fully saturated rings. The lowest BCUT2D eigenvalue weighted by atomic mass is 10.0. The number of benzene rings is 2. The second-order valence-electron chi connectivity index (χ2n) is 5.52. The summed E-state index contributed by atoms with van der Waals surface area (Å²) < 4.78 is 14.9. The molecule has 0 aliphatic heterocycles. The zero-order valence-corrected chi connectivity index (χ0v) is 12.9. The van der Waals surface area contributed by atoms with Crippen molar-refractivity contribution in [3.8, 4) is 11.4 Å². The third kappa shape index (κ3) is 2.63. The first kappa shape index (κ1) is 15.0. The third-order valence-electron chi connectivity index (χ3n) is 3.87. The fourth-order valence-corrected chi connectivity index (χ4v) is 2.66. The van der Waals surface area contributed by atoms with Crippen LogP contribution in [0.15, 0.2) is 67.0 Å². The van der Waals surface area contributed by atoms with Gasteiger partial charge in [0.25, 0.3) is 0 Å². The highest BCUT2D eigenvalue weighted by Crippen LogP contribution is 2.22. The minimum Gasteiger partial charge on any atom is -0.507 e. The van der Waals surface area contributed by atoms with Crippen LogP contribution in [-0.2, 0) is 0 Å². The normalized spacial score (nSPS) is 10.9. The van der Waals surface area contributed by atoms with Crippen molar-refractivity contribution in [2.24, 2.45) is 0 Å². The zero-order valence-electron chi connectivity index (χ0n) is 12.9. The summed E-state index contributed by atoms with van der Waals surface area (Å²) in [6, 6.07) is 14.0. The number of aromatic hydroxyl groups is 1. The Balaban J connectivity index is 1.78.